The number of benzene rings is 1. The molecule has 3 N–H and O–H groups in total. The quantitative estimate of drug-likeness (QED) is 0.666. The Hall–Kier alpha value is -0.830. The first kappa shape index (κ1) is 11.2. The van der Waals surface area contributed by atoms with Crippen LogP contribution in [-0.2, 0) is 4.57 Å². The molecule has 0 aromatic heterocycles. The van der Waals surface area contributed by atoms with Crippen LogP contribution in [0.25, 0.3) is 0 Å². The number of aliphatic hydroxyl groups excluding tert-OH is 1. The summed E-state index contributed by atoms with van der Waals surface area (Å²) in [5.74, 6) is 0.0328. The summed E-state index contributed by atoms with van der Waals surface area (Å²) in [5, 5.41) is 18.7. The fraction of sp³-hybridized carbons (Fsp3) is 0.333. The average molecular weight is 216 g/mol. The third kappa shape index (κ3) is 3.50. The van der Waals surface area contributed by atoms with Crippen LogP contribution >= 0.6 is 7.37 Å². The molecular formula is C9H13O4P. The molecule has 0 amide bonds. The largest absolute Gasteiger partial charge is 0.508 e. The minimum atomic E-state index is -3.23. The maximum atomic E-state index is 11.0. The summed E-state index contributed by atoms with van der Waals surface area (Å²) in [5.41, 5.74) is 0.445. The zero-order valence-corrected chi connectivity index (χ0v) is 8.69. The molecule has 1 aromatic rings. The van der Waals surface area contributed by atoms with E-state index in [2.05, 4.69) is 0 Å². The van der Waals surface area contributed by atoms with Gasteiger partial charge in [0.05, 0.1) is 12.3 Å². The highest BCUT2D eigenvalue weighted by Gasteiger charge is 2.18. The van der Waals surface area contributed by atoms with Crippen molar-refractivity contribution in [2.45, 2.75) is 6.10 Å². The third-order valence-electron chi connectivity index (χ3n) is 1.77. The van der Waals surface area contributed by atoms with E-state index >= 15 is 0 Å². The van der Waals surface area contributed by atoms with Crippen molar-refractivity contribution in [3.63, 3.8) is 0 Å². The van der Waals surface area contributed by atoms with Gasteiger partial charge in [-0.05, 0) is 17.7 Å². The molecule has 0 saturated carbocycles. The second-order valence-electron chi connectivity index (χ2n) is 3.34. The van der Waals surface area contributed by atoms with Crippen molar-refractivity contribution >= 4 is 7.37 Å². The summed E-state index contributed by atoms with van der Waals surface area (Å²) in [6.45, 7) is 1.19. The van der Waals surface area contributed by atoms with Crippen LogP contribution in [0, 0.1) is 0 Å². The number of aromatic hydroxyl groups is 1. The van der Waals surface area contributed by atoms with Crippen molar-refractivity contribution in [3.8, 4) is 5.75 Å². The van der Waals surface area contributed by atoms with Crippen LogP contribution in [0.3, 0.4) is 0 Å². The van der Waals surface area contributed by atoms with E-state index in [4.69, 9.17) is 10.00 Å². The average Bonchev–Trinajstić information content (AvgIpc) is 2.01. The van der Waals surface area contributed by atoms with Crippen LogP contribution in [0.2, 0.25) is 0 Å². The van der Waals surface area contributed by atoms with E-state index in [0.29, 0.717) is 5.56 Å². The molecule has 0 aliphatic carbocycles. The number of hydrogen-bond donors (Lipinski definition) is 3. The summed E-state index contributed by atoms with van der Waals surface area (Å²) >= 11 is 0. The van der Waals surface area contributed by atoms with Crippen LogP contribution in [0.1, 0.15) is 11.7 Å². The Labute approximate surface area is 82.3 Å². The molecule has 14 heavy (non-hydrogen) atoms. The van der Waals surface area contributed by atoms with Crippen molar-refractivity contribution in [1.82, 2.24) is 0 Å². The Balaban J connectivity index is 2.80. The molecule has 1 rings (SSSR count). The van der Waals surface area contributed by atoms with E-state index in [1.165, 1.54) is 18.8 Å². The lowest BCUT2D eigenvalue weighted by molar-refractivity contribution is 0.198. The van der Waals surface area contributed by atoms with E-state index in [1.807, 2.05) is 0 Å². The molecule has 1 unspecified atom stereocenters. The first-order valence-electron chi connectivity index (χ1n) is 4.15. The van der Waals surface area contributed by atoms with Gasteiger partial charge in [-0.2, -0.15) is 0 Å². The fourth-order valence-electron chi connectivity index (χ4n) is 1.16. The van der Waals surface area contributed by atoms with Gasteiger partial charge >= 0.3 is 0 Å². The summed E-state index contributed by atoms with van der Waals surface area (Å²) in [6, 6.07) is 6.02. The van der Waals surface area contributed by atoms with Gasteiger partial charge in [-0.1, -0.05) is 12.1 Å². The number of phenols is 1. The first-order chi connectivity index (χ1) is 6.38. The predicted octanol–water partition coefficient (Wildman–Crippen LogP) is 1.33. The van der Waals surface area contributed by atoms with Crippen LogP contribution in [0.15, 0.2) is 24.3 Å². The van der Waals surface area contributed by atoms with Gasteiger partial charge in [0.25, 0.3) is 0 Å². The van der Waals surface area contributed by atoms with E-state index in [9.17, 15) is 9.67 Å². The minimum absolute atomic E-state index is 0.0328. The molecular weight excluding hydrogens is 203 g/mol. The lowest BCUT2D eigenvalue weighted by Crippen LogP contribution is -2.03. The lowest BCUT2D eigenvalue weighted by Gasteiger charge is -2.12. The molecule has 0 heterocycles. The molecule has 4 nitrogen and oxygen atoms in total. The van der Waals surface area contributed by atoms with Crippen molar-refractivity contribution < 1.29 is 19.7 Å². The minimum Gasteiger partial charge on any atom is -0.508 e. The molecule has 0 spiro atoms. The van der Waals surface area contributed by atoms with Crippen LogP contribution < -0.4 is 0 Å². The molecule has 0 saturated heterocycles. The van der Waals surface area contributed by atoms with Gasteiger partial charge in [0.2, 0.25) is 7.37 Å². The number of hydrogen-bond acceptors (Lipinski definition) is 3. The second kappa shape index (κ2) is 4.13. The lowest BCUT2D eigenvalue weighted by atomic mass is 10.1. The molecule has 0 aliphatic rings. The monoisotopic (exact) mass is 216 g/mol. The molecule has 2 atom stereocenters. The molecule has 0 bridgehead atoms. The van der Waals surface area contributed by atoms with Gasteiger partial charge in [0.1, 0.15) is 5.75 Å². The summed E-state index contributed by atoms with van der Waals surface area (Å²) in [6.07, 6.45) is -1.21. The highest BCUT2D eigenvalue weighted by atomic mass is 31.2. The smallest absolute Gasteiger partial charge is 0.200 e. The normalized spacial score (nSPS) is 17.4. The van der Waals surface area contributed by atoms with E-state index in [-0.39, 0.29) is 11.9 Å². The maximum Gasteiger partial charge on any atom is 0.200 e. The Morgan fingerprint density at radius 3 is 2.64 bits per heavy atom. The zero-order valence-electron chi connectivity index (χ0n) is 7.79. The van der Waals surface area contributed by atoms with Crippen LogP contribution in [-0.4, -0.2) is 27.9 Å². The van der Waals surface area contributed by atoms with Gasteiger partial charge < -0.3 is 15.1 Å². The molecule has 78 valence electrons. The van der Waals surface area contributed by atoms with Gasteiger partial charge in [0.15, 0.2) is 0 Å². The molecule has 0 fully saturated rings. The topological polar surface area (TPSA) is 77.8 Å². The van der Waals surface area contributed by atoms with Gasteiger partial charge in [0, 0.05) is 6.66 Å². The molecule has 1 aromatic carbocycles. The van der Waals surface area contributed by atoms with Crippen molar-refractivity contribution in [1.29, 1.82) is 0 Å². The molecule has 5 heteroatoms. The summed E-state index contributed by atoms with van der Waals surface area (Å²) in [4.78, 5) is 9.05. The zero-order chi connectivity index (χ0) is 10.8. The van der Waals surface area contributed by atoms with E-state index in [0.717, 1.165) is 0 Å². The first-order valence-corrected chi connectivity index (χ1v) is 6.44. The summed E-state index contributed by atoms with van der Waals surface area (Å²) in [7, 11) is -3.23. The van der Waals surface area contributed by atoms with Crippen molar-refractivity contribution in [3.05, 3.63) is 29.8 Å². The molecule has 0 radical (unpaired) electrons. The Morgan fingerprint density at radius 1 is 1.50 bits per heavy atom. The van der Waals surface area contributed by atoms with Gasteiger partial charge in [-0.25, -0.2) is 0 Å². The fourth-order valence-corrected chi connectivity index (χ4v) is 2.01. The maximum absolute atomic E-state index is 11.0. The highest BCUT2D eigenvalue weighted by Crippen LogP contribution is 2.39. The third-order valence-corrected chi connectivity index (χ3v) is 2.79. The Morgan fingerprint density at radius 2 is 2.14 bits per heavy atom. The second-order valence-corrected chi connectivity index (χ2v) is 5.81. The van der Waals surface area contributed by atoms with E-state index in [1.54, 1.807) is 12.1 Å². The van der Waals surface area contributed by atoms with Crippen molar-refractivity contribution in [2.75, 3.05) is 12.8 Å². The standard InChI is InChI=1S/C9H13O4P/c1-14(12,13)6-9(11)7-3-2-4-8(10)5-7/h2-5,9-11H,6H2,1H3,(H,12,13)/t9-/m1/s1. The van der Waals surface area contributed by atoms with Crippen LogP contribution in [0.5, 0.6) is 5.75 Å². The Bertz CT molecular complexity index is 358. The summed E-state index contributed by atoms with van der Waals surface area (Å²) < 4.78 is 11.0. The Kier molecular flexibility index (Phi) is 3.32. The highest BCUT2D eigenvalue weighted by molar-refractivity contribution is 7.57. The number of aliphatic hydroxyl groups is 1. The molecule has 0 aliphatic heterocycles. The van der Waals surface area contributed by atoms with E-state index < -0.39 is 13.5 Å². The number of rotatable bonds is 3. The van der Waals surface area contributed by atoms with Crippen LogP contribution in [0.4, 0.5) is 0 Å². The number of phenolic OH excluding ortho intramolecular Hbond substituents is 1. The van der Waals surface area contributed by atoms with Gasteiger partial charge in [-0.3, -0.25) is 4.57 Å². The van der Waals surface area contributed by atoms with Crippen molar-refractivity contribution in [2.24, 2.45) is 0 Å². The SMILES string of the molecule is CP(=O)(O)C[C@@H](O)c1cccc(O)c1. The van der Waals surface area contributed by atoms with Gasteiger partial charge in [-0.15, -0.1) is 0 Å². The predicted molar refractivity (Wildman–Crippen MR) is 53.7 cm³/mol.